The summed E-state index contributed by atoms with van der Waals surface area (Å²) in [6.07, 6.45) is 3.44. The Morgan fingerprint density at radius 2 is 1.92 bits per heavy atom. The summed E-state index contributed by atoms with van der Waals surface area (Å²) in [5.41, 5.74) is 1.65. The van der Waals surface area contributed by atoms with Crippen molar-refractivity contribution in [2.45, 2.75) is 13.5 Å². The fourth-order valence-electron chi connectivity index (χ4n) is 2.26. The number of benzene rings is 1. The van der Waals surface area contributed by atoms with E-state index in [1.807, 2.05) is 31.2 Å². The zero-order chi connectivity index (χ0) is 17.6. The predicted molar refractivity (Wildman–Crippen MR) is 98.6 cm³/mol. The van der Waals surface area contributed by atoms with Gasteiger partial charge in [0.05, 0.1) is 12.0 Å². The van der Waals surface area contributed by atoms with Gasteiger partial charge in [-0.3, -0.25) is 9.78 Å². The molecule has 128 valence electrons. The predicted octanol–water partition coefficient (Wildman–Crippen LogP) is 4.29. The summed E-state index contributed by atoms with van der Waals surface area (Å²) in [5.74, 6) is 1.04. The molecule has 0 fully saturated rings. The van der Waals surface area contributed by atoms with Crippen LogP contribution in [0.5, 0.6) is 11.5 Å². The number of hydrogen-bond acceptors (Lipinski definition) is 5. The number of carbonyl (C=O) groups excluding carboxylic acids is 1. The number of amides is 1. The quantitative estimate of drug-likeness (QED) is 0.717. The van der Waals surface area contributed by atoms with Gasteiger partial charge in [0.2, 0.25) is 0 Å². The van der Waals surface area contributed by atoms with Crippen LogP contribution in [0.1, 0.15) is 20.1 Å². The van der Waals surface area contributed by atoms with E-state index in [9.17, 15) is 4.79 Å². The molecule has 5 nitrogen and oxygen atoms in total. The van der Waals surface area contributed by atoms with Gasteiger partial charge in [-0.15, -0.1) is 11.3 Å². The van der Waals surface area contributed by atoms with Gasteiger partial charge >= 0.3 is 0 Å². The molecule has 0 saturated carbocycles. The monoisotopic (exact) mass is 354 g/mol. The number of nitrogens with zero attached hydrogens (tertiary/aromatic N) is 1. The van der Waals surface area contributed by atoms with Crippen molar-refractivity contribution in [2.24, 2.45) is 0 Å². The van der Waals surface area contributed by atoms with E-state index in [1.54, 1.807) is 37.7 Å². The standard InChI is InChI=1S/C19H18N2O3S/c1-13-3-6-18(25-13)19(22)21-15-4-5-16(23-2)17(11-15)24-12-14-7-9-20-10-8-14/h3-11H,12H2,1-2H3,(H,21,22). The molecule has 0 atom stereocenters. The highest BCUT2D eigenvalue weighted by molar-refractivity contribution is 7.14. The smallest absolute Gasteiger partial charge is 0.265 e. The van der Waals surface area contributed by atoms with Gasteiger partial charge < -0.3 is 14.8 Å². The summed E-state index contributed by atoms with van der Waals surface area (Å²) in [5, 5.41) is 2.89. The van der Waals surface area contributed by atoms with E-state index in [0.717, 1.165) is 10.4 Å². The number of aryl methyl sites for hydroxylation is 1. The molecule has 1 amide bonds. The van der Waals surface area contributed by atoms with Crippen molar-refractivity contribution in [3.63, 3.8) is 0 Å². The summed E-state index contributed by atoms with van der Waals surface area (Å²) in [6, 6.07) is 12.8. The first kappa shape index (κ1) is 17.0. The highest BCUT2D eigenvalue weighted by Crippen LogP contribution is 2.31. The second-order valence-corrected chi connectivity index (χ2v) is 6.66. The van der Waals surface area contributed by atoms with Gasteiger partial charge in [0.1, 0.15) is 6.61 Å². The van der Waals surface area contributed by atoms with Crippen molar-refractivity contribution in [3.8, 4) is 11.5 Å². The van der Waals surface area contributed by atoms with E-state index in [-0.39, 0.29) is 5.91 Å². The molecule has 0 bridgehead atoms. The third-order valence-electron chi connectivity index (χ3n) is 3.53. The minimum atomic E-state index is -0.136. The summed E-state index contributed by atoms with van der Waals surface area (Å²) in [4.78, 5) is 18.0. The van der Waals surface area contributed by atoms with Crippen LogP contribution in [-0.2, 0) is 6.61 Å². The number of anilines is 1. The average molecular weight is 354 g/mol. The van der Waals surface area contributed by atoms with Crippen LogP contribution < -0.4 is 14.8 Å². The van der Waals surface area contributed by atoms with Crippen molar-refractivity contribution >= 4 is 22.9 Å². The molecule has 2 aromatic heterocycles. The number of rotatable bonds is 6. The van der Waals surface area contributed by atoms with E-state index >= 15 is 0 Å². The van der Waals surface area contributed by atoms with Crippen LogP contribution in [0.4, 0.5) is 5.69 Å². The van der Waals surface area contributed by atoms with E-state index in [4.69, 9.17) is 9.47 Å². The molecule has 3 aromatic rings. The maximum absolute atomic E-state index is 12.3. The Morgan fingerprint density at radius 1 is 1.12 bits per heavy atom. The Balaban J connectivity index is 1.74. The molecule has 1 aromatic carbocycles. The molecule has 2 heterocycles. The normalized spacial score (nSPS) is 10.3. The number of methoxy groups -OCH3 is 1. The lowest BCUT2D eigenvalue weighted by atomic mass is 10.2. The number of hydrogen-bond donors (Lipinski definition) is 1. The number of aromatic nitrogens is 1. The zero-order valence-electron chi connectivity index (χ0n) is 14.0. The lowest BCUT2D eigenvalue weighted by molar-refractivity contribution is 0.103. The van der Waals surface area contributed by atoms with Gasteiger partial charge in [-0.05, 0) is 48.9 Å². The summed E-state index contributed by atoms with van der Waals surface area (Å²) in [7, 11) is 1.58. The summed E-state index contributed by atoms with van der Waals surface area (Å²) < 4.78 is 11.2. The molecule has 0 aliphatic carbocycles. The first-order valence-corrected chi connectivity index (χ1v) is 8.55. The molecule has 6 heteroatoms. The molecule has 1 N–H and O–H groups in total. The van der Waals surface area contributed by atoms with Crippen LogP contribution in [0.15, 0.2) is 54.9 Å². The Kier molecular flexibility index (Phi) is 5.30. The number of thiophene rings is 1. The molecule has 0 unspecified atom stereocenters. The molecular weight excluding hydrogens is 336 g/mol. The molecule has 3 rings (SSSR count). The van der Waals surface area contributed by atoms with Crippen LogP contribution in [0.2, 0.25) is 0 Å². The van der Waals surface area contributed by atoms with Gasteiger partial charge in [-0.1, -0.05) is 0 Å². The molecule has 25 heavy (non-hydrogen) atoms. The lowest BCUT2D eigenvalue weighted by Crippen LogP contribution is -2.10. The first-order valence-electron chi connectivity index (χ1n) is 7.73. The minimum absolute atomic E-state index is 0.136. The topological polar surface area (TPSA) is 60.5 Å². The van der Waals surface area contributed by atoms with Gasteiger partial charge in [0.15, 0.2) is 11.5 Å². The van der Waals surface area contributed by atoms with Crippen molar-refractivity contribution in [1.82, 2.24) is 4.98 Å². The third-order valence-corrected chi connectivity index (χ3v) is 4.53. The number of nitrogens with one attached hydrogen (secondary N) is 1. The molecular formula is C19H18N2O3S. The lowest BCUT2D eigenvalue weighted by Gasteiger charge is -2.13. The Morgan fingerprint density at radius 3 is 2.60 bits per heavy atom. The van der Waals surface area contributed by atoms with Crippen LogP contribution in [-0.4, -0.2) is 18.0 Å². The second kappa shape index (κ2) is 7.81. The van der Waals surface area contributed by atoms with Crippen LogP contribution in [0, 0.1) is 6.92 Å². The van der Waals surface area contributed by atoms with E-state index < -0.39 is 0 Å². The molecule has 0 saturated heterocycles. The van der Waals surface area contributed by atoms with Gasteiger partial charge in [0.25, 0.3) is 5.91 Å². The van der Waals surface area contributed by atoms with Gasteiger partial charge in [0, 0.05) is 29.0 Å². The summed E-state index contributed by atoms with van der Waals surface area (Å²) >= 11 is 1.46. The Labute approximate surface area is 150 Å². The van der Waals surface area contributed by atoms with Crippen LogP contribution in [0.25, 0.3) is 0 Å². The van der Waals surface area contributed by atoms with Gasteiger partial charge in [-0.25, -0.2) is 0 Å². The highest BCUT2D eigenvalue weighted by atomic mass is 32.1. The fraction of sp³-hybridized carbons (Fsp3) is 0.158. The summed E-state index contributed by atoms with van der Waals surface area (Å²) in [6.45, 7) is 2.36. The number of carbonyl (C=O) groups is 1. The van der Waals surface area contributed by atoms with Crippen molar-refractivity contribution in [2.75, 3.05) is 12.4 Å². The highest BCUT2D eigenvalue weighted by Gasteiger charge is 2.11. The zero-order valence-corrected chi connectivity index (χ0v) is 14.8. The number of pyridine rings is 1. The molecule has 0 spiro atoms. The maximum atomic E-state index is 12.3. The third kappa shape index (κ3) is 4.36. The Bertz CT molecular complexity index is 862. The minimum Gasteiger partial charge on any atom is -0.493 e. The van der Waals surface area contributed by atoms with Crippen molar-refractivity contribution < 1.29 is 14.3 Å². The molecule has 0 aliphatic rings. The van der Waals surface area contributed by atoms with Crippen LogP contribution >= 0.6 is 11.3 Å². The first-order chi connectivity index (χ1) is 12.2. The van der Waals surface area contributed by atoms with E-state index in [2.05, 4.69) is 10.3 Å². The van der Waals surface area contributed by atoms with Gasteiger partial charge in [-0.2, -0.15) is 0 Å². The van der Waals surface area contributed by atoms with Crippen molar-refractivity contribution in [1.29, 1.82) is 0 Å². The fourth-order valence-corrected chi connectivity index (χ4v) is 3.02. The molecule has 0 aliphatic heterocycles. The van der Waals surface area contributed by atoms with Crippen molar-refractivity contribution in [3.05, 3.63) is 70.2 Å². The number of ether oxygens (including phenoxy) is 2. The van der Waals surface area contributed by atoms with E-state index in [1.165, 1.54) is 11.3 Å². The average Bonchev–Trinajstić information content (AvgIpc) is 3.07. The Hall–Kier alpha value is -2.86. The second-order valence-electron chi connectivity index (χ2n) is 5.37. The molecule has 0 radical (unpaired) electrons. The van der Waals surface area contributed by atoms with Crippen LogP contribution in [0.3, 0.4) is 0 Å². The largest absolute Gasteiger partial charge is 0.493 e. The SMILES string of the molecule is COc1ccc(NC(=O)c2ccc(C)s2)cc1OCc1ccncc1. The maximum Gasteiger partial charge on any atom is 0.265 e. The van der Waals surface area contributed by atoms with E-state index in [0.29, 0.717) is 28.7 Å².